The van der Waals surface area contributed by atoms with Crippen LogP contribution in [0.15, 0.2) is 42.5 Å². The second kappa shape index (κ2) is 7.11. The number of anilines is 3. The van der Waals surface area contributed by atoms with Gasteiger partial charge in [-0.05, 0) is 61.7 Å². The molecule has 1 saturated heterocycles. The fraction of sp³-hybridized carbons (Fsp3) is 0.318. The largest absolute Gasteiger partial charge is 0.322 e. The van der Waals surface area contributed by atoms with Gasteiger partial charge in [-0.3, -0.25) is 14.4 Å². The SMILES string of the molecule is CC(=O)N1c2ccc(NC(=O)c3cccc(N4CCCC4=O)c3)cc2CC1C. The lowest BCUT2D eigenvalue weighted by Gasteiger charge is -2.20. The van der Waals surface area contributed by atoms with Crippen LogP contribution in [0.4, 0.5) is 17.1 Å². The highest BCUT2D eigenvalue weighted by Crippen LogP contribution is 2.34. The Kier molecular flexibility index (Phi) is 4.63. The average Bonchev–Trinajstić information content (AvgIpc) is 3.23. The van der Waals surface area contributed by atoms with E-state index in [4.69, 9.17) is 0 Å². The topological polar surface area (TPSA) is 69.7 Å². The zero-order valence-corrected chi connectivity index (χ0v) is 16.1. The third kappa shape index (κ3) is 3.26. The number of amides is 3. The molecular weight excluding hydrogens is 354 g/mol. The van der Waals surface area contributed by atoms with Crippen molar-refractivity contribution in [2.45, 2.75) is 39.2 Å². The van der Waals surface area contributed by atoms with Crippen LogP contribution in [-0.2, 0) is 16.0 Å². The quantitative estimate of drug-likeness (QED) is 0.892. The molecule has 1 N–H and O–H groups in total. The van der Waals surface area contributed by atoms with E-state index in [-0.39, 0.29) is 23.8 Å². The Morgan fingerprint density at radius 2 is 1.96 bits per heavy atom. The first-order chi connectivity index (χ1) is 13.4. The molecule has 0 bridgehead atoms. The summed E-state index contributed by atoms with van der Waals surface area (Å²) in [6, 6.07) is 12.9. The molecule has 144 valence electrons. The molecule has 28 heavy (non-hydrogen) atoms. The smallest absolute Gasteiger partial charge is 0.255 e. The number of hydrogen-bond acceptors (Lipinski definition) is 3. The van der Waals surface area contributed by atoms with E-state index < -0.39 is 0 Å². The highest BCUT2D eigenvalue weighted by molar-refractivity contribution is 6.06. The lowest BCUT2D eigenvalue weighted by atomic mass is 10.1. The van der Waals surface area contributed by atoms with Crippen LogP contribution in [0.1, 0.15) is 42.6 Å². The van der Waals surface area contributed by atoms with E-state index >= 15 is 0 Å². The van der Waals surface area contributed by atoms with Crippen LogP contribution in [0.5, 0.6) is 0 Å². The van der Waals surface area contributed by atoms with Gasteiger partial charge in [0.1, 0.15) is 0 Å². The van der Waals surface area contributed by atoms with Gasteiger partial charge in [0.15, 0.2) is 0 Å². The Morgan fingerprint density at radius 3 is 2.68 bits per heavy atom. The van der Waals surface area contributed by atoms with Crippen LogP contribution in [0.25, 0.3) is 0 Å². The van der Waals surface area contributed by atoms with Gasteiger partial charge in [0.2, 0.25) is 11.8 Å². The fourth-order valence-corrected chi connectivity index (χ4v) is 4.13. The summed E-state index contributed by atoms with van der Waals surface area (Å²) in [4.78, 5) is 40.0. The van der Waals surface area contributed by atoms with Crippen LogP contribution < -0.4 is 15.1 Å². The lowest BCUT2D eigenvalue weighted by Crippen LogP contribution is -2.33. The summed E-state index contributed by atoms with van der Waals surface area (Å²) < 4.78 is 0. The number of fused-ring (bicyclic) bond motifs is 1. The maximum absolute atomic E-state index is 12.7. The molecule has 0 aliphatic carbocycles. The maximum atomic E-state index is 12.7. The number of nitrogens with zero attached hydrogens (tertiary/aromatic N) is 2. The molecule has 4 rings (SSSR count). The fourth-order valence-electron chi connectivity index (χ4n) is 4.13. The summed E-state index contributed by atoms with van der Waals surface area (Å²) in [5, 5.41) is 2.93. The number of hydrogen-bond donors (Lipinski definition) is 1. The normalized spacial score (nSPS) is 18.4. The van der Waals surface area contributed by atoms with Gasteiger partial charge in [-0.1, -0.05) is 6.07 Å². The molecule has 2 aromatic carbocycles. The molecule has 2 heterocycles. The number of rotatable bonds is 3. The minimum Gasteiger partial charge on any atom is -0.322 e. The molecule has 0 aromatic heterocycles. The molecule has 0 saturated carbocycles. The van der Waals surface area contributed by atoms with Gasteiger partial charge in [0.05, 0.1) is 0 Å². The zero-order chi connectivity index (χ0) is 19.8. The Balaban J connectivity index is 1.53. The monoisotopic (exact) mass is 377 g/mol. The van der Waals surface area contributed by atoms with Crippen molar-refractivity contribution in [3.8, 4) is 0 Å². The molecule has 6 nitrogen and oxygen atoms in total. The lowest BCUT2D eigenvalue weighted by molar-refractivity contribution is -0.117. The molecule has 2 aliphatic heterocycles. The number of carbonyl (C=O) groups excluding carboxylic acids is 3. The van der Waals surface area contributed by atoms with Crippen LogP contribution >= 0.6 is 0 Å². The van der Waals surface area contributed by atoms with E-state index in [9.17, 15) is 14.4 Å². The predicted octanol–water partition coefficient (Wildman–Crippen LogP) is 3.36. The standard InChI is InChI=1S/C22H23N3O3/c1-14-11-17-12-18(8-9-20(17)25(14)15(2)26)23-22(28)16-5-3-6-19(13-16)24-10-4-7-21(24)27/h3,5-6,8-9,12-14H,4,7,10-11H2,1-2H3,(H,23,28). The third-order valence-corrected chi connectivity index (χ3v) is 5.39. The number of carbonyl (C=O) groups is 3. The highest BCUT2D eigenvalue weighted by Gasteiger charge is 2.29. The first-order valence-corrected chi connectivity index (χ1v) is 9.58. The molecule has 3 amide bonds. The van der Waals surface area contributed by atoms with E-state index in [1.807, 2.05) is 31.2 Å². The first-order valence-electron chi connectivity index (χ1n) is 9.58. The summed E-state index contributed by atoms with van der Waals surface area (Å²) >= 11 is 0. The van der Waals surface area contributed by atoms with Gasteiger partial charge >= 0.3 is 0 Å². The van der Waals surface area contributed by atoms with Crippen molar-refractivity contribution in [2.24, 2.45) is 0 Å². The van der Waals surface area contributed by atoms with Crippen molar-refractivity contribution in [2.75, 3.05) is 21.7 Å². The van der Waals surface area contributed by atoms with Crippen molar-refractivity contribution in [3.63, 3.8) is 0 Å². The third-order valence-electron chi connectivity index (χ3n) is 5.39. The maximum Gasteiger partial charge on any atom is 0.255 e. The predicted molar refractivity (Wildman–Crippen MR) is 109 cm³/mol. The van der Waals surface area contributed by atoms with Gasteiger partial charge in [0, 0.05) is 48.6 Å². The van der Waals surface area contributed by atoms with Crippen molar-refractivity contribution in [1.82, 2.24) is 0 Å². The van der Waals surface area contributed by atoms with Crippen LogP contribution in [0, 0.1) is 0 Å². The summed E-state index contributed by atoms with van der Waals surface area (Å²) in [7, 11) is 0. The molecule has 1 unspecified atom stereocenters. The van der Waals surface area contributed by atoms with Gasteiger partial charge < -0.3 is 15.1 Å². The molecule has 1 atom stereocenters. The molecule has 0 radical (unpaired) electrons. The summed E-state index contributed by atoms with van der Waals surface area (Å²) in [5.74, 6) is -0.0976. The van der Waals surface area contributed by atoms with Crippen LogP contribution in [-0.4, -0.2) is 30.3 Å². The summed E-state index contributed by atoms with van der Waals surface area (Å²) in [6.07, 6.45) is 2.17. The number of benzene rings is 2. The van der Waals surface area contributed by atoms with E-state index in [2.05, 4.69) is 5.32 Å². The van der Waals surface area contributed by atoms with Crippen molar-refractivity contribution in [3.05, 3.63) is 53.6 Å². The molecular formula is C22H23N3O3. The van der Waals surface area contributed by atoms with Crippen LogP contribution in [0.3, 0.4) is 0 Å². The van der Waals surface area contributed by atoms with E-state index in [0.717, 1.165) is 29.8 Å². The highest BCUT2D eigenvalue weighted by atomic mass is 16.2. The average molecular weight is 377 g/mol. The second-order valence-corrected chi connectivity index (χ2v) is 7.44. The Bertz CT molecular complexity index is 969. The first kappa shape index (κ1) is 18.2. The van der Waals surface area contributed by atoms with E-state index in [0.29, 0.717) is 24.2 Å². The van der Waals surface area contributed by atoms with Gasteiger partial charge in [-0.2, -0.15) is 0 Å². The summed E-state index contributed by atoms with van der Waals surface area (Å²) in [5.41, 5.74) is 3.93. The summed E-state index contributed by atoms with van der Waals surface area (Å²) in [6.45, 7) is 4.28. The van der Waals surface area contributed by atoms with Crippen molar-refractivity contribution >= 4 is 34.8 Å². The van der Waals surface area contributed by atoms with Crippen LogP contribution in [0.2, 0.25) is 0 Å². The van der Waals surface area contributed by atoms with Gasteiger partial charge in [-0.25, -0.2) is 0 Å². The molecule has 2 aromatic rings. The zero-order valence-electron chi connectivity index (χ0n) is 16.1. The van der Waals surface area contributed by atoms with Gasteiger partial charge in [-0.15, -0.1) is 0 Å². The van der Waals surface area contributed by atoms with Crippen molar-refractivity contribution in [1.29, 1.82) is 0 Å². The number of nitrogens with one attached hydrogen (secondary N) is 1. The van der Waals surface area contributed by atoms with E-state index in [1.54, 1.807) is 34.9 Å². The van der Waals surface area contributed by atoms with Crippen molar-refractivity contribution < 1.29 is 14.4 Å². The Labute approximate surface area is 164 Å². The molecule has 6 heteroatoms. The molecule has 0 spiro atoms. The minimum atomic E-state index is -0.220. The minimum absolute atomic E-state index is 0.0244. The molecule has 1 fully saturated rings. The second-order valence-electron chi connectivity index (χ2n) is 7.44. The van der Waals surface area contributed by atoms with E-state index in [1.165, 1.54) is 0 Å². The van der Waals surface area contributed by atoms with Gasteiger partial charge in [0.25, 0.3) is 5.91 Å². The Hall–Kier alpha value is -3.15. The Morgan fingerprint density at radius 1 is 1.14 bits per heavy atom. The molecule has 2 aliphatic rings.